The van der Waals surface area contributed by atoms with Crippen LogP contribution in [-0.4, -0.2) is 17.5 Å². The Kier molecular flexibility index (Phi) is 8.45. The molecule has 0 saturated heterocycles. The van der Waals surface area contributed by atoms with Gasteiger partial charge in [-0.3, -0.25) is 19.7 Å². The lowest BCUT2D eigenvalue weighted by Crippen LogP contribution is -1.86. The zero-order valence-corrected chi connectivity index (χ0v) is 15.5. The number of allylic oxidation sites excluding steroid dienone is 1. The predicted molar refractivity (Wildman–Crippen MR) is 115 cm³/mol. The average molecular weight is 385 g/mol. The quantitative estimate of drug-likeness (QED) is 0.185. The molecule has 0 aliphatic heterocycles. The second kappa shape index (κ2) is 11.6. The summed E-state index contributed by atoms with van der Waals surface area (Å²) in [5.41, 5.74) is 3.77. The van der Waals surface area contributed by atoms with Crippen molar-refractivity contribution >= 4 is 36.5 Å². The van der Waals surface area contributed by atoms with E-state index in [4.69, 9.17) is 0 Å². The fourth-order valence-electron chi connectivity index (χ4n) is 2.30. The molecule has 0 saturated carbocycles. The van der Waals surface area contributed by atoms with Crippen LogP contribution in [0.15, 0.2) is 84.9 Å². The maximum absolute atomic E-state index is 10.5. The number of rotatable bonds is 6. The van der Waals surface area contributed by atoms with Gasteiger partial charge in [-0.15, -0.1) is 0 Å². The molecule has 0 spiro atoms. The lowest BCUT2D eigenvalue weighted by Gasteiger charge is -1.94. The standard InChI is InChI=1S/C15H12O.C9H7NO3/c16-12-15-10-8-14(9-11-15)7-6-13-4-2-1-3-5-13;11-7-1-2-8-3-5-9(6-4-8)10(12)13/h1-12H;1-7H. The van der Waals surface area contributed by atoms with Crippen molar-refractivity contribution < 1.29 is 14.5 Å². The van der Waals surface area contributed by atoms with Gasteiger partial charge in [-0.2, -0.15) is 0 Å². The van der Waals surface area contributed by atoms with Crippen LogP contribution >= 0.6 is 0 Å². The molecule has 0 fully saturated rings. The molecule has 29 heavy (non-hydrogen) atoms. The highest BCUT2D eigenvalue weighted by atomic mass is 16.6. The molecular formula is C24H19NO4. The maximum Gasteiger partial charge on any atom is 0.269 e. The zero-order valence-electron chi connectivity index (χ0n) is 15.5. The Labute approximate surface area is 168 Å². The molecule has 3 aromatic rings. The first-order chi connectivity index (χ1) is 14.1. The Morgan fingerprint density at radius 2 is 1.10 bits per heavy atom. The van der Waals surface area contributed by atoms with Crippen LogP contribution in [0.25, 0.3) is 18.2 Å². The van der Waals surface area contributed by atoms with Crippen molar-refractivity contribution in [2.24, 2.45) is 0 Å². The molecule has 0 aromatic heterocycles. The number of carbonyl (C=O) groups excluding carboxylic acids is 2. The monoisotopic (exact) mass is 385 g/mol. The first-order valence-corrected chi connectivity index (χ1v) is 8.77. The fraction of sp³-hybridized carbons (Fsp3) is 0. The summed E-state index contributed by atoms with van der Waals surface area (Å²) in [6, 6.07) is 23.6. The van der Waals surface area contributed by atoms with Crippen LogP contribution in [-0.2, 0) is 4.79 Å². The van der Waals surface area contributed by atoms with Crippen LogP contribution in [0, 0.1) is 10.1 Å². The summed E-state index contributed by atoms with van der Waals surface area (Å²) in [5.74, 6) is 0. The van der Waals surface area contributed by atoms with E-state index in [-0.39, 0.29) is 5.69 Å². The van der Waals surface area contributed by atoms with Crippen LogP contribution in [0.1, 0.15) is 27.0 Å². The molecule has 0 unspecified atom stereocenters. The number of nitro groups is 1. The highest BCUT2D eigenvalue weighted by molar-refractivity contribution is 5.76. The zero-order chi connectivity index (χ0) is 20.9. The van der Waals surface area contributed by atoms with E-state index in [1.54, 1.807) is 18.2 Å². The molecule has 144 valence electrons. The number of non-ortho nitro benzene ring substituents is 1. The van der Waals surface area contributed by atoms with Gasteiger partial charge in [-0.25, -0.2) is 0 Å². The average Bonchev–Trinajstić information content (AvgIpc) is 2.78. The van der Waals surface area contributed by atoms with Gasteiger partial charge < -0.3 is 0 Å². The Balaban J connectivity index is 0.000000212. The number of hydrogen-bond donors (Lipinski definition) is 0. The van der Waals surface area contributed by atoms with E-state index >= 15 is 0 Å². The van der Waals surface area contributed by atoms with Crippen molar-refractivity contribution in [1.82, 2.24) is 0 Å². The van der Waals surface area contributed by atoms with Gasteiger partial charge in [0.15, 0.2) is 0 Å². The number of carbonyl (C=O) groups is 2. The molecule has 0 N–H and O–H groups in total. The van der Waals surface area contributed by atoms with Gasteiger partial charge in [0.05, 0.1) is 4.92 Å². The predicted octanol–water partition coefficient (Wildman–Crippen LogP) is 5.48. The molecule has 0 bridgehead atoms. The summed E-state index contributed by atoms with van der Waals surface area (Å²) in [6.45, 7) is 0. The highest BCUT2D eigenvalue weighted by Crippen LogP contribution is 2.12. The van der Waals surface area contributed by atoms with Gasteiger partial charge in [0.1, 0.15) is 12.6 Å². The van der Waals surface area contributed by atoms with E-state index in [1.807, 2.05) is 48.5 Å². The highest BCUT2D eigenvalue weighted by Gasteiger charge is 2.01. The number of hydrogen-bond acceptors (Lipinski definition) is 4. The number of nitrogens with zero attached hydrogens (tertiary/aromatic N) is 1. The van der Waals surface area contributed by atoms with E-state index in [2.05, 4.69) is 18.2 Å². The van der Waals surface area contributed by atoms with Gasteiger partial charge >= 0.3 is 0 Å². The van der Waals surface area contributed by atoms with Gasteiger partial charge in [-0.05, 0) is 34.9 Å². The van der Waals surface area contributed by atoms with E-state index in [0.717, 1.165) is 17.4 Å². The maximum atomic E-state index is 10.5. The van der Waals surface area contributed by atoms with Gasteiger partial charge in [0, 0.05) is 17.7 Å². The molecule has 0 atom stereocenters. The van der Waals surface area contributed by atoms with Crippen molar-refractivity contribution in [2.75, 3.05) is 0 Å². The third-order valence-electron chi connectivity index (χ3n) is 3.81. The minimum Gasteiger partial charge on any atom is -0.299 e. The second-order valence-electron chi connectivity index (χ2n) is 5.87. The molecule has 3 aromatic carbocycles. The molecule has 0 amide bonds. The number of nitro benzene ring substituents is 1. The molecule has 5 nitrogen and oxygen atoms in total. The summed E-state index contributed by atoms with van der Waals surface area (Å²) in [5, 5.41) is 10.3. The SMILES string of the molecule is O=CC=Cc1ccc([N+](=O)[O-])cc1.O=Cc1ccc(C=Cc2ccccc2)cc1. The van der Waals surface area contributed by atoms with Gasteiger partial charge in [0.25, 0.3) is 5.69 Å². The Bertz CT molecular complexity index is 989. The second-order valence-corrected chi connectivity index (χ2v) is 5.87. The molecule has 0 aliphatic carbocycles. The van der Waals surface area contributed by atoms with Crippen molar-refractivity contribution in [3.05, 3.63) is 117 Å². The van der Waals surface area contributed by atoms with Crippen molar-refractivity contribution in [1.29, 1.82) is 0 Å². The van der Waals surface area contributed by atoms with Crippen LogP contribution < -0.4 is 0 Å². The van der Waals surface area contributed by atoms with Crippen molar-refractivity contribution in [3.63, 3.8) is 0 Å². The minimum absolute atomic E-state index is 0.0447. The Morgan fingerprint density at radius 3 is 1.62 bits per heavy atom. The molecule has 3 rings (SSSR count). The molecule has 0 aliphatic rings. The molecule has 0 heterocycles. The summed E-state index contributed by atoms with van der Waals surface area (Å²) >= 11 is 0. The van der Waals surface area contributed by atoms with E-state index in [0.29, 0.717) is 11.8 Å². The molecule has 5 heteroatoms. The van der Waals surface area contributed by atoms with Crippen molar-refractivity contribution in [2.45, 2.75) is 0 Å². The first kappa shape index (κ1) is 21.2. The van der Waals surface area contributed by atoms with E-state index in [1.165, 1.54) is 23.8 Å². The Hall–Kier alpha value is -4.12. The topological polar surface area (TPSA) is 77.3 Å². The third kappa shape index (κ3) is 7.56. The van der Waals surface area contributed by atoms with Gasteiger partial charge in [-0.1, -0.05) is 72.8 Å². The van der Waals surface area contributed by atoms with E-state index in [9.17, 15) is 19.7 Å². The molecule has 0 radical (unpaired) electrons. The molecular weight excluding hydrogens is 366 g/mol. The van der Waals surface area contributed by atoms with Crippen LogP contribution in [0.5, 0.6) is 0 Å². The summed E-state index contributed by atoms with van der Waals surface area (Å²) in [7, 11) is 0. The largest absolute Gasteiger partial charge is 0.299 e. The summed E-state index contributed by atoms with van der Waals surface area (Å²) in [4.78, 5) is 30.2. The van der Waals surface area contributed by atoms with Crippen LogP contribution in [0.2, 0.25) is 0 Å². The normalized spacial score (nSPS) is 10.3. The number of benzene rings is 3. The fourth-order valence-corrected chi connectivity index (χ4v) is 2.30. The lowest BCUT2D eigenvalue weighted by atomic mass is 10.1. The summed E-state index contributed by atoms with van der Waals surface area (Å²) in [6.07, 6.45) is 8.50. The summed E-state index contributed by atoms with van der Waals surface area (Å²) < 4.78 is 0. The van der Waals surface area contributed by atoms with Crippen molar-refractivity contribution in [3.8, 4) is 0 Å². The lowest BCUT2D eigenvalue weighted by molar-refractivity contribution is -0.384. The Morgan fingerprint density at radius 1 is 0.621 bits per heavy atom. The van der Waals surface area contributed by atoms with Gasteiger partial charge in [0.2, 0.25) is 0 Å². The first-order valence-electron chi connectivity index (χ1n) is 8.77. The van der Waals surface area contributed by atoms with Crippen LogP contribution in [0.3, 0.4) is 0 Å². The third-order valence-corrected chi connectivity index (χ3v) is 3.81. The van der Waals surface area contributed by atoms with Crippen LogP contribution in [0.4, 0.5) is 5.69 Å². The van der Waals surface area contributed by atoms with E-state index < -0.39 is 4.92 Å². The smallest absolute Gasteiger partial charge is 0.269 e. The minimum atomic E-state index is -0.465. The number of aldehydes is 2.